The van der Waals surface area contributed by atoms with Gasteiger partial charge >= 0.3 is 0 Å². The normalized spacial score (nSPS) is 11.1. The summed E-state index contributed by atoms with van der Waals surface area (Å²) >= 11 is 0. The molecule has 0 saturated carbocycles. The molecule has 0 saturated heterocycles. The monoisotopic (exact) mass is 236 g/mol. The van der Waals surface area contributed by atoms with E-state index in [-0.39, 0.29) is 0 Å². The van der Waals surface area contributed by atoms with Gasteiger partial charge in [-0.05, 0) is 37.4 Å². The van der Waals surface area contributed by atoms with Gasteiger partial charge in [-0.1, -0.05) is 19.9 Å². The van der Waals surface area contributed by atoms with Crippen molar-refractivity contribution in [2.75, 3.05) is 19.8 Å². The number of hydrogen-bond acceptors (Lipinski definition) is 3. The third kappa shape index (κ3) is 7.08. The third-order valence-corrected chi connectivity index (χ3v) is 2.37. The molecule has 0 fully saturated rings. The predicted molar refractivity (Wildman–Crippen MR) is 71.0 cm³/mol. The number of ether oxygens (including phenoxy) is 1. The molecule has 0 unspecified atom stereocenters. The number of pyridine rings is 1. The van der Waals surface area contributed by atoms with Crippen molar-refractivity contribution in [3.63, 3.8) is 0 Å². The Morgan fingerprint density at radius 3 is 2.82 bits per heavy atom. The highest BCUT2D eigenvalue weighted by Crippen LogP contribution is 1.98. The first-order valence-corrected chi connectivity index (χ1v) is 6.38. The van der Waals surface area contributed by atoms with Gasteiger partial charge in [-0.3, -0.25) is 4.98 Å². The van der Waals surface area contributed by atoms with Crippen LogP contribution in [0.2, 0.25) is 0 Å². The molecular weight excluding hydrogens is 212 g/mol. The van der Waals surface area contributed by atoms with Crippen molar-refractivity contribution >= 4 is 0 Å². The maximum absolute atomic E-state index is 5.51. The highest BCUT2D eigenvalue weighted by atomic mass is 16.5. The van der Waals surface area contributed by atoms with Crippen LogP contribution in [0.4, 0.5) is 0 Å². The molecule has 0 radical (unpaired) electrons. The van der Waals surface area contributed by atoms with Crippen molar-refractivity contribution in [1.82, 2.24) is 10.3 Å². The molecule has 0 aliphatic carbocycles. The molecule has 0 aliphatic heterocycles. The average Bonchev–Trinajstić information content (AvgIpc) is 2.30. The molecule has 1 rings (SSSR count). The molecule has 17 heavy (non-hydrogen) atoms. The van der Waals surface area contributed by atoms with Crippen LogP contribution in [0.25, 0.3) is 0 Å². The SMILES string of the molecule is Cc1ccc(CNCCCOCC(C)C)nc1. The molecule has 0 amide bonds. The van der Waals surface area contributed by atoms with Gasteiger partial charge in [0.1, 0.15) is 0 Å². The first-order chi connectivity index (χ1) is 8.18. The summed E-state index contributed by atoms with van der Waals surface area (Å²) in [5, 5.41) is 3.37. The zero-order valence-electron chi connectivity index (χ0n) is 11.2. The molecular formula is C14H24N2O. The van der Waals surface area contributed by atoms with E-state index in [4.69, 9.17) is 4.74 Å². The second-order valence-corrected chi connectivity index (χ2v) is 4.83. The topological polar surface area (TPSA) is 34.1 Å². The molecule has 0 spiro atoms. The minimum absolute atomic E-state index is 0.625. The van der Waals surface area contributed by atoms with Crippen LogP contribution in [0.1, 0.15) is 31.5 Å². The Morgan fingerprint density at radius 1 is 1.35 bits per heavy atom. The van der Waals surface area contributed by atoms with Crippen molar-refractivity contribution in [2.45, 2.75) is 33.7 Å². The lowest BCUT2D eigenvalue weighted by atomic mass is 10.2. The Hall–Kier alpha value is -0.930. The maximum atomic E-state index is 5.51. The van der Waals surface area contributed by atoms with Gasteiger partial charge in [0.15, 0.2) is 0 Å². The van der Waals surface area contributed by atoms with Gasteiger partial charge in [0, 0.05) is 26.0 Å². The van der Waals surface area contributed by atoms with E-state index >= 15 is 0 Å². The van der Waals surface area contributed by atoms with E-state index in [0.29, 0.717) is 5.92 Å². The average molecular weight is 236 g/mol. The van der Waals surface area contributed by atoms with Crippen molar-refractivity contribution in [3.05, 3.63) is 29.6 Å². The summed E-state index contributed by atoms with van der Waals surface area (Å²) < 4.78 is 5.51. The van der Waals surface area contributed by atoms with Crippen LogP contribution in [0.3, 0.4) is 0 Å². The second kappa shape index (κ2) is 8.20. The lowest BCUT2D eigenvalue weighted by molar-refractivity contribution is 0.108. The highest BCUT2D eigenvalue weighted by Gasteiger charge is 1.95. The van der Waals surface area contributed by atoms with Crippen LogP contribution in [0, 0.1) is 12.8 Å². The molecule has 0 aromatic carbocycles. The van der Waals surface area contributed by atoms with Gasteiger partial charge in [0.05, 0.1) is 5.69 Å². The summed E-state index contributed by atoms with van der Waals surface area (Å²) in [6, 6.07) is 4.16. The van der Waals surface area contributed by atoms with E-state index in [1.807, 2.05) is 6.20 Å². The lowest BCUT2D eigenvalue weighted by Gasteiger charge is -2.07. The number of aromatic nitrogens is 1. The third-order valence-electron chi connectivity index (χ3n) is 2.37. The van der Waals surface area contributed by atoms with E-state index in [0.717, 1.165) is 38.4 Å². The molecule has 1 aromatic heterocycles. The van der Waals surface area contributed by atoms with Crippen LogP contribution in [-0.2, 0) is 11.3 Å². The van der Waals surface area contributed by atoms with Crippen LogP contribution < -0.4 is 5.32 Å². The Balaban J connectivity index is 1.99. The van der Waals surface area contributed by atoms with Crippen molar-refractivity contribution in [1.29, 1.82) is 0 Å². The summed E-state index contributed by atoms with van der Waals surface area (Å²) in [4.78, 5) is 4.34. The summed E-state index contributed by atoms with van der Waals surface area (Å²) in [5.41, 5.74) is 2.30. The molecule has 1 aromatic rings. The molecule has 0 atom stereocenters. The fourth-order valence-corrected chi connectivity index (χ4v) is 1.44. The van der Waals surface area contributed by atoms with E-state index in [1.165, 1.54) is 5.56 Å². The Kier molecular flexibility index (Phi) is 6.82. The van der Waals surface area contributed by atoms with Crippen molar-refractivity contribution in [2.24, 2.45) is 5.92 Å². The quantitative estimate of drug-likeness (QED) is 0.704. The first-order valence-electron chi connectivity index (χ1n) is 6.38. The highest BCUT2D eigenvalue weighted by molar-refractivity contribution is 5.11. The van der Waals surface area contributed by atoms with E-state index in [1.54, 1.807) is 0 Å². The van der Waals surface area contributed by atoms with E-state index < -0.39 is 0 Å². The van der Waals surface area contributed by atoms with Gasteiger partial charge in [-0.25, -0.2) is 0 Å². The minimum atomic E-state index is 0.625. The number of hydrogen-bond donors (Lipinski definition) is 1. The molecule has 3 heteroatoms. The van der Waals surface area contributed by atoms with Gasteiger partial charge < -0.3 is 10.1 Å². The smallest absolute Gasteiger partial charge is 0.0541 e. The van der Waals surface area contributed by atoms with Crippen LogP contribution in [-0.4, -0.2) is 24.7 Å². The summed E-state index contributed by atoms with van der Waals surface area (Å²) in [6.07, 6.45) is 2.96. The fourth-order valence-electron chi connectivity index (χ4n) is 1.44. The van der Waals surface area contributed by atoms with Gasteiger partial charge in [-0.2, -0.15) is 0 Å². The fraction of sp³-hybridized carbons (Fsp3) is 0.643. The van der Waals surface area contributed by atoms with Crippen LogP contribution in [0.5, 0.6) is 0 Å². The molecule has 0 bridgehead atoms. The van der Waals surface area contributed by atoms with Crippen LogP contribution in [0.15, 0.2) is 18.3 Å². The van der Waals surface area contributed by atoms with Gasteiger partial charge in [-0.15, -0.1) is 0 Å². The molecule has 3 nitrogen and oxygen atoms in total. The standard InChI is InChI=1S/C14H24N2O/c1-12(2)11-17-8-4-7-15-10-14-6-5-13(3)9-16-14/h5-6,9,12,15H,4,7-8,10-11H2,1-3H3. The second-order valence-electron chi connectivity index (χ2n) is 4.83. The van der Waals surface area contributed by atoms with E-state index in [2.05, 4.69) is 43.2 Å². The Labute approximate surface area is 105 Å². The summed E-state index contributed by atoms with van der Waals surface area (Å²) in [6.45, 7) is 9.91. The van der Waals surface area contributed by atoms with Crippen LogP contribution >= 0.6 is 0 Å². The summed E-state index contributed by atoms with van der Waals surface area (Å²) in [5.74, 6) is 0.625. The number of rotatable bonds is 8. The number of aryl methyl sites for hydroxylation is 1. The Morgan fingerprint density at radius 2 is 2.18 bits per heavy atom. The number of nitrogens with zero attached hydrogens (tertiary/aromatic N) is 1. The summed E-state index contributed by atoms with van der Waals surface area (Å²) in [7, 11) is 0. The van der Waals surface area contributed by atoms with Gasteiger partial charge in [0.2, 0.25) is 0 Å². The van der Waals surface area contributed by atoms with E-state index in [9.17, 15) is 0 Å². The lowest BCUT2D eigenvalue weighted by Crippen LogP contribution is -2.17. The molecule has 0 aliphatic rings. The maximum Gasteiger partial charge on any atom is 0.0541 e. The number of nitrogens with one attached hydrogen (secondary N) is 1. The largest absolute Gasteiger partial charge is 0.381 e. The zero-order chi connectivity index (χ0) is 12.5. The minimum Gasteiger partial charge on any atom is -0.381 e. The molecule has 1 N–H and O–H groups in total. The molecule has 1 heterocycles. The Bertz CT molecular complexity index is 296. The molecule has 96 valence electrons. The zero-order valence-corrected chi connectivity index (χ0v) is 11.2. The van der Waals surface area contributed by atoms with Crippen molar-refractivity contribution in [3.8, 4) is 0 Å². The van der Waals surface area contributed by atoms with Gasteiger partial charge in [0.25, 0.3) is 0 Å². The first kappa shape index (κ1) is 14.1. The predicted octanol–water partition coefficient (Wildman–Crippen LogP) is 2.54. The van der Waals surface area contributed by atoms with Crippen molar-refractivity contribution < 1.29 is 4.74 Å².